The quantitative estimate of drug-likeness (QED) is 0.0883. The summed E-state index contributed by atoms with van der Waals surface area (Å²) < 4.78 is 0. The van der Waals surface area contributed by atoms with Crippen LogP contribution in [0, 0.1) is 5.41 Å². The number of likely N-dealkylation sites (N-methyl/N-ethyl adjacent to an activating group) is 1. The van der Waals surface area contributed by atoms with E-state index in [1.54, 1.807) is 19.2 Å². The van der Waals surface area contributed by atoms with E-state index in [0.29, 0.717) is 18.4 Å². The van der Waals surface area contributed by atoms with Gasteiger partial charge in [0.05, 0.1) is 5.92 Å². The molecule has 3 amide bonds. The van der Waals surface area contributed by atoms with Gasteiger partial charge in [-0.3, -0.25) is 24.8 Å². The molecule has 0 aliphatic carbocycles. The van der Waals surface area contributed by atoms with E-state index in [1.807, 2.05) is 72.8 Å². The van der Waals surface area contributed by atoms with Gasteiger partial charge in [0.25, 0.3) is 0 Å². The number of nitrogens with zero attached hydrogens (tertiary/aromatic N) is 2. The molecule has 0 aliphatic heterocycles. The number of carbonyl (C=O) groups excluding carboxylic acids is 3. The van der Waals surface area contributed by atoms with Gasteiger partial charge in [0.2, 0.25) is 17.7 Å². The van der Waals surface area contributed by atoms with Crippen LogP contribution in [0.3, 0.4) is 0 Å². The number of amidine groups is 1. The summed E-state index contributed by atoms with van der Waals surface area (Å²) in [6.45, 7) is 0.278. The van der Waals surface area contributed by atoms with Gasteiger partial charge in [0, 0.05) is 25.6 Å². The molecule has 0 spiro atoms. The largest absolute Gasteiger partial charge is 0.384 e. The van der Waals surface area contributed by atoms with Crippen molar-refractivity contribution in [3.63, 3.8) is 0 Å². The Morgan fingerprint density at radius 2 is 1.42 bits per heavy atom. The van der Waals surface area contributed by atoms with Gasteiger partial charge in [-0.15, -0.1) is 0 Å². The number of benzene rings is 3. The molecule has 11 heteroatoms. The molecular formula is C32H40N8O3. The Morgan fingerprint density at radius 3 is 1.98 bits per heavy atom. The average Bonchev–Trinajstić information content (AvgIpc) is 3.00. The van der Waals surface area contributed by atoms with Crippen LogP contribution in [0.1, 0.15) is 41.0 Å². The van der Waals surface area contributed by atoms with Gasteiger partial charge in [0.1, 0.15) is 17.9 Å². The van der Waals surface area contributed by atoms with Crippen molar-refractivity contribution in [1.82, 2.24) is 10.2 Å². The molecule has 0 saturated heterocycles. The van der Waals surface area contributed by atoms with Crippen LogP contribution in [0.4, 0.5) is 0 Å². The summed E-state index contributed by atoms with van der Waals surface area (Å²) in [7, 11) is 1.60. The normalized spacial score (nSPS) is 12.8. The summed E-state index contributed by atoms with van der Waals surface area (Å²) in [6.07, 6.45) is 1.24. The van der Waals surface area contributed by atoms with Gasteiger partial charge in [-0.05, 0) is 36.0 Å². The number of aliphatic imine (C=N–C) groups is 1. The van der Waals surface area contributed by atoms with Crippen molar-refractivity contribution >= 4 is 29.5 Å². The molecule has 3 aromatic rings. The standard InChI is InChI=1S/C32H40N8O3/c1-40(31(43)25(23-11-6-3-7-12-23)19-22-14-16-24(17-15-22)28(33)34)27(20-21-9-4-2-5-10-21)30(42)39-26(29(35)41)13-8-18-38-32(36)37/h2-7,9-12,14-17,25-27H,8,13,18-20H2,1H3,(H3,33,34)(H2,35,41)(H,39,42)(H4,36,37,38)/t25-,26+,27+/m1/s1. The molecule has 0 radical (unpaired) electrons. The average molecular weight is 585 g/mol. The summed E-state index contributed by atoms with van der Waals surface area (Å²) in [6, 6.07) is 24.0. The molecule has 3 aromatic carbocycles. The van der Waals surface area contributed by atoms with Crippen LogP contribution in [-0.4, -0.2) is 60.1 Å². The van der Waals surface area contributed by atoms with Gasteiger partial charge in [-0.2, -0.15) is 0 Å². The molecule has 0 aliphatic rings. The zero-order valence-corrected chi connectivity index (χ0v) is 24.3. The van der Waals surface area contributed by atoms with Gasteiger partial charge in [-0.1, -0.05) is 84.9 Å². The predicted molar refractivity (Wildman–Crippen MR) is 168 cm³/mol. The Balaban J connectivity index is 1.90. The number of carbonyl (C=O) groups is 3. The van der Waals surface area contributed by atoms with Crippen LogP contribution in [-0.2, 0) is 27.2 Å². The third-order valence-corrected chi connectivity index (χ3v) is 7.20. The minimum atomic E-state index is -0.965. The Bertz CT molecular complexity index is 1410. The van der Waals surface area contributed by atoms with Crippen LogP contribution in [0.25, 0.3) is 0 Å². The van der Waals surface area contributed by atoms with Crippen molar-refractivity contribution < 1.29 is 14.4 Å². The van der Waals surface area contributed by atoms with Crippen molar-refractivity contribution in [2.45, 2.75) is 43.7 Å². The van der Waals surface area contributed by atoms with Crippen molar-refractivity contribution in [2.24, 2.45) is 27.9 Å². The minimum Gasteiger partial charge on any atom is -0.384 e. The van der Waals surface area contributed by atoms with Gasteiger partial charge < -0.3 is 33.2 Å². The SMILES string of the molecule is CN(C(=O)[C@H](Cc1ccc(C(=N)N)cc1)c1ccccc1)[C@@H](Cc1ccccc1)C(=O)N[C@@H](CCCN=C(N)N)C(N)=O. The number of primary amides is 1. The van der Waals surface area contributed by atoms with E-state index in [9.17, 15) is 14.4 Å². The molecule has 11 nitrogen and oxygen atoms in total. The van der Waals surface area contributed by atoms with E-state index in [0.717, 1.165) is 16.7 Å². The van der Waals surface area contributed by atoms with Crippen LogP contribution >= 0.6 is 0 Å². The molecule has 0 heterocycles. The molecule has 43 heavy (non-hydrogen) atoms. The minimum absolute atomic E-state index is 0.0396. The number of nitrogens with two attached hydrogens (primary N) is 4. The van der Waals surface area contributed by atoms with Crippen molar-refractivity contribution in [3.8, 4) is 0 Å². The third-order valence-electron chi connectivity index (χ3n) is 7.20. The van der Waals surface area contributed by atoms with Gasteiger partial charge >= 0.3 is 0 Å². The molecule has 3 atom stereocenters. The van der Waals surface area contributed by atoms with Crippen molar-refractivity contribution in [2.75, 3.05) is 13.6 Å². The second-order valence-electron chi connectivity index (χ2n) is 10.3. The number of nitrogens with one attached hydrogen (secondary N) is 2. The zero-order chi connectivity index (χ0) is 31.4. The maximum absolute atomic E-state index is 14.2. The maximum atomic E-state index is 14.2. The molecule has 0 aromatic heterocycles. The number of guanidine groups is 1. The summed E-state index contributed by atoms with van der Waals surface area (Å²) in [4.78, 5) is 45.6. The molecule has 226 valence electrons. The summed E-state index contributed by atoms with van der Waals surface area (Å²) >= 11 is 0. The fourth-order valence-electron chi connectivity index (χ4n) is 4.79. The van der Waals surface area contributed by atoms with Crippen molar-refractivity contribution in [1.29, 1.82) is 5.41 Å². The second kappa shape index (κ2) is 15.7. The first-order valence-electron chi connectivity index (χ1n) is 14.0. The third kappa shape index (κ3) is 9.70. The topological polar surface area (TPSA) is 207 Å². The van der Waals surface area contributed by atoms with Gasteiger partial charge in [-0.25, -0.2) is 0 Å². The predicted octanol–water partition coefficient (Wildman–Crippen LogP) is 1.39. The van der Waals surface area contributed by atoms with E-state index < -0.39 is 29.8 Å². The first-order chi connectivity index (χ1) is 20.6. The Hall–Kier alpha value is -5.19. The fourth-order valence-corrected chi connectivity index (χ4v) is 4.79. The highest BCUT2D eigenvalue weighted by Crippen LogP contribution is 2.25. The Labute approximate surface area is 251 Å². The number of rotatable bonds is 15. The highest BCUT2D eigenvalue weighted by atomic mass is 16.2. The van der Waals surface area contributed by atoms with E-state index in [2.05, 4.69) is 10.3 Å². The summed E-state index contributed by atoms with van der Waals surface area (Å²) in [5.74, 6) is -2.16. The summed E-state index contributed by atoms with van der Waals surface area (Å²) in [5, 5.41) is 10.4. The molecule has 0 bridgehead atoms. The fraction of sp³-hybridized carbons (Fsp3) is 0.281. The lowest BCUT2D eigenvalue weighted by molar-refractivity contribution is -0.141. The maximum Gasteiger partial charge on any atom is 0.243 e. The van der Waals surface area contributed by atoms with Gasteiger partial charge in [0.15, 0.2) is 5.96 Å². The highest BCUT2D eigenvalue weighted by Gasteiger charge is 2.34. The van der Waals surface area contributed by atoms with E-state index >= 15 is 0 Å². The molecule has 0 fully saturated rings. The van der Waals surface area contributed by atoms with E-state index in [1.165, 1.54) is 4.90 Å². The number of hydrogen-bond acceptors (Lipinski definition) is 5. The smallest absolute Gasteiger partial charge is 0.243 e. The molecule has 0 unspecified atom stereocenters. The molecule has 3 rings (SSSR count). The number of amides is 3. The lowest BCUT2D eigenvalue weighted by Gasteiger charge is -2.32. The monoisotopic (exact) mass is 584 g/mol. The molecular weight excluding hydrogens is 544 g/mol. The molecule has 10 N–H and O–H groups in total. The zero-order valence-electron chi connectivity index (χ0n) is 24.3. The van der Waals surface area contributed by atoms with Crippen LogP contribution in [0.15, 0.2) is 89.9 Å². The Kier molecular flexibility index (Phi) is 11.8. The lowest BCUT2D eigenvalue weighted by Crippen LogP contribution is -2.54. The van der Waals surface area contributed by atoms with Crippen LogP contribution in [0.2, 0.25) is 0 Å². The van der Waals surface area contributed by atoms with E-state index in [-0.39, 0.29) is 37.1 Å². The van der Waals surface area contributed by atoms with Crippen LogP contribution in [0.5, 0.6) is 0 Å². The molecule has 0 saturated carbocycles. The number of hydrogen-bond donors (Lipinski definition) is 6. The van der Waals surface area contributed by atoms with E-state index in [4.69, 9.17) is 28.3 Å². The van der Waals surface area contributed by atoms with Crippen molar-refractivity contribution in [3.05, 3.63) is 107 Å². The second-order valence-corrected chi connectivity index (χ2v) is 10.3. The summed E-state index contributed by atoms with van der Waals surface area (Å²) in [5.41, 5.74) is 25.1. The first kappa shape index (κ1) is 32.3. The first-order valence-corrected chi connectivity index (χ1v) is 14.0. The lowest BCUT2D eigenvalue weighted by atomic mass is 9.89. The highest BCUT2D eigenvalue weighted by molar-refractivity contribution is 5.95. The van der Waals surface area contributed by atoms with Crippen LogP contribution < -0.4 is 28.3 Å². The Morgan fingerprint density at radius 1 is 0.837 bits per heavy atom. The number of nitrogen functional groups attached to an aromatic ring is 1.